The Morgan fingerprint density at radius 3 is 2.24 bits per heavy atom. The van der Waals surface area contributed by atoms with Crippen molar-refractivity contribution in [2.75, 3.05) is 11.9 Å². The van der Waals surface area contributed by atoms with Gasteiger partial charge in [-0.15, -0.1) is 0 Å². The molecule has 7 N–H and O–H groups in total. The predicted molar refractivity (Wildman–Crippen MR) is 306 cm³/mol. The summed E-state index contributed by atoms with van der Waals surface area (Å²) >= 11 is 0.866. The van der Waals surface area contributed by atoms with E-state index in [1.54, 1.807) is 48.7 Å². The average molecular weight is 1100 g/mol. The fourth-order valence-electron chi connectivity index (χ4n) is 11.2. The van der Waals surface area contributed by atoms with Crippen molar-refractivity contribution in [2.24, 2.45) is 11.7 Å². The number of fused-ring (bicyclic) bond motifs is 5. The lowest BCUT2D eigenvalue weighted by atomic mass is 9.76. The van der Waals surface area contributed by atoms with Gasteiger partial charge < -0.3 is 40.8 Å². The lowest BCUT2D eigenvalue weighted by Crippen LogP contribution is -2.51. The number of aryl methyl sites for hydroxylation is 2. The molecule has 0 spiro atoms. The molecular formula is C63H66FN7O8S. The minimum Gasteiger partial charge on any atom is -0.458 e. The fraction of sp³-hybridized carbons (Fsp3) is 0.333. The van der Waals surface area contributed by atoms with Gasteiger partial charge in [-0.05, 0) is 122 Å². The number of amides is 3. The monoisotopic (exact) mass is 1100 g/mol. The zero-order valence-corrected chi connectivity index (χ0v) is 46.3. The largest absolute Gasteiger partial charge is 0.458 e. The molecule has 10 rings (SSSR count). The molecule has 0 saturated heterocycles. The van der Waals surface area contributed by atoms with Crippen LogP contribution in [-0.4, -0.2) is 62.1 Å². The average Bonchev–Trinajstić information content (AvgIpc) is 4.02. The Hall–Kier alpha value is -7.70. The van der Waals surface area contributed by atoms with E-state index in [9.17, 15) is 29.1 Å². The van der Waals surface area contributed by atoms with Gasteiger partial charge in [-0.1, -0.05) is 135 Å². The standard InChI is InChI=1S/C63H66FN7O8S/c1-6-62(77)60(75)78-35-46-52(80-62)32-51-56-45(33-71(51)59(46)74)54-48(29-28-44-38(5)47(64)31-50(68-56)53(44)54)70-61(76)79-34-39-22-26-43(27-23-39)67-57(72)49(69-58(73)55(65)36(2)3)19-13-14-30-66-63(40-15-9-7-10-16-40,41-17-11-8-12-18-41)42-24-20-37(4)21-25-42/h7-12,15-18,20-27,31-32,36,48-49,55,66,77H,6,13-14,19,28-30,33-35,65H2,1-5H3,(H,67,72)(H,69,73)(H,70,76)/t48-,49-,55-,62-/m0/s1. The Labute approximate surface area is 468 Å². The molecule has 2 aliphatic heterocycles. The number of carbonyl (C=O) groups excluding carboxylic acids is 4. The zero-order valence-electron chi connectivity index (χ0n) is 45.5. The van der Waals surface area contributed by atoms with Gasteiger partial charge in [0.1, 0.15) is 25.1 Å². The minimum absolute atomic E-state index is 0.0489. The summed E-state index contributed by atoms with van der Waals surface area (Å²) < 4.78 is 28.2. The number of anilines is 1. The van der Waals surface area contributed by atoms with Crippen molar-refractivity contribution in [3.05, 3.63) is 193 Å². The second-order valence-corrected chi connectivity index (χ2v) is 22.7. The van der Waals surface area contributed by atoms with Crippen LogP contribution in [0.25, 0.3) is 22.3 Å². The molecule has 0 fully saturated rings. The smallest absolute Gasteiger partial charge is 0.407 e. The quantitative estimate of drug-likeness (QED) is 0.0269. The first-order valence-corrected chi connectivity index (χ1v) is 28.1. The van der Waals surface area contributed by atoms with E-state index >= 15 is 4.39 Å². The summed E-state index contributed by atoms with van der Waals surface area (Å²) in [5.74, 6) is -2.19. The Kier molecular flexibility index (Phi) is 16.1. The maximum Gasteiger partial charge on any atom is 0.407 e. The molecule has 414 valence electrons. The molecule has 7 aromatic rings. The lowest BCUT2D eigenvalue weighted by molar-refractivity contribution is -0.157. The predicted octanol–water partition coefficient (Wildman–Crippen LogP) is 9.50. The highest BCUT2D eigenvalue weighted by Crippen LogP contribution is 2.47. The van der Waals surface area contributed by atoms with Crippen molar-refractivity contribution < 1.29 is 38.1 Å². The van der Waals surface area contributed by atoms with Crippen molar-refractivity contribution in [1.82, 2.24) is 25.5 Å². The second-order valence-electron chi connectivity index (χ2n) is 21.4. The maximum absolute atomic E-state index is 15.5. The highest BCUT2D eigenvalue weighted by atomic mass is 32.2. The summed E-state index contributed by atoms with van der Waals surface area (Å²) in [6.07, 6.45) is 1.88. The number of carbonyl (C=O) groups is 4. The van der Waals surface area contributed by atoms with Crippen molar-refractivity contribution in [2.45, 2.75) is 126 Å². The van der Waals surface area contributed by atoms with Crippen LogP contribution in [0, 0.1) is 25.6 Å². The van der Waals surface area contributed by atoms with E-state index in [0.29, 0.717) is 88.2 Å². The number of alkyl carbamates (subject to hydrolysis) is 1. The van der Waals surface area contributed by atoms with Crippen molar-refractivity contribution in [3.8, 4) is 11.4 Å². The summed E-state index contributed by atoms with van der Waals surface area (Å²) in [6, 6.07) is 37.0. The number of aliphatic hydroxyl groups is 1. The van der Waals surface area contributed by atoms with Gasteiger partial charge in [0.05, 0.1) is 46.6 Å². The zero-order chi connectivity index (χ0) is 56.5. The van der Waals surface area contributed by atoms with Gasteiger partial charge in [0.15, 0.2) is 0 Å². The first-order chi connectivity index (χ1) is 38.5. The number of ether oxygens (including phenoxy) is 2. The van der Waals surface area contributed by atoms with E-state index in [2.05, 4.69) is 76.7 Å². The molecule has 80 heavy (non-hydrogen) atoms. The van der Waals surface area contributed by atoms with Gasteiger partial charge >= 0.3 is 12.1 Å². The third-order valence-electron chi connectivity index (χ3n) is 15.9. The number of halogens is 1. The van der Waals surface area contributed by atoms with Gasteiger partial charge in [0, 0.05) is 27.6 Å². The maximum atomic E-state index is 15.5. The first-order valence-electron chi connectivity index (χ1n) is 27.3. The van der Waals surface area contributed by atoms with E-state index in [-0.39, 0.29) is 37.7 Å². The van der Waals surface area contributed by atoms with Crippen molar-refractivity contribution in [3.63, 3.8) is 0 Å². The lowest BCUT2D eigenvalue weighted by Gasteiger charge is -2.37. The van der Waals surface area contributed by atoms with Gasteiger partial charge in [-0.2, -0.15) is 0 Å². The number of hydrogen-bond donors (Lipinski definition) is 6. The number of cyclic esters (lactones) is 1. The van der Waals surface area contributed by atoms with Gasteiger partial charge in [-0.3, -0.25) is 19.7 Å². The minimum atomic E-state index is -1.89. The topological polar surface area (TPSA) is 216 Å². The summed E-state index contributed by atoms with van der Waals surface area (Å²) in [4.78, 5) is 71.5. The summed E-state index contributed by atoms with van der Waals surface area (Å²) in [5, 5.41) is 24.7. The molecule has 4 heterocycles. The molecule has 5 aromatic carbocycles. The molecule has 1 aliphatic carbocycles. The van der Waals surface area contributed by atoms with Crippen LogP contribution in [0.1, 0.15) is 115 Å². The number of nitrogens with zero attached hydrogens (tertiary/aromatic N) is 2. The normalized spacial score (nSPS) is 17.1. The molecular weight excluding hydrogens is 1030 g/mol. The molecule has 3 aliphatic rings. The number of nitrogens with one attached hydrogen (secondary N) is 4. The van der Waals surface area contributed by atoms with E-state index < -0.39 is 63.9 Å². The van der Waals surface area contributed by atoms with Gasteiger partial charge in [0.2, 0.25) is 16.7 Å². The van der Waals surface area contributed by atoms with Crippen LogP contribution in [0.5, 0.6) is 0 Å². The fourth-order valence-corrected chi connectivity index (χ4v) is 12.3. The van der Waals surface area contributed by atoms with Crippen LogP contribution in [0.15, 0.2) is 131 Å². The Morgan fingerprint density at radius 2 is 1.57 bits per heavy atom. The van der Waals surface area contributed by atoms with Gasteiger partial charge in [-0.25, -0.2) is 19.0 Å². The second kappa shape index (κ2) is 23.2. The Bertz CT molecular complexity index is 3520. The van der Waals surface area contributed by atoms with E-state index in [1.165, 1.54) is 6.07 Å². The molecule has 0 saturated carbocycles. The SMILES string of the molecule is CC[C@]1(O)Sc2cc3n(c(=O)c2COC1=O)Cc1c-3nc2cc(F)c(C)c3c2c1[C@@H](NC(=O)OCc1ccc(NC(=O)[C@H](CCCCNC(c2ccccc2)(c2ccccc2)c2ccc(C)cc2)NC(=O)[C@@H](N)C(C)C)cc1)CC3. The molecule has 3 amide bonds. The van der Waals surface area contributed by atoms with Gasteiger partial charge in [0.25, 0.3) is 5.56 Å². The number of nitrogens with two attached hydrogens (primary N) is 1. The van der Waals surface area contributed by atoms with Crippen molar-refractivity contribution >= 4 is 52.2 Å². The van der Waals surface area contributed by atoms with Crippen LogP contribution in [-0.2, 0) is 55.6 Å². The van der Waals surface area contributed by atoms with Crippen LogP contribution >= 0.6 is 11.8 Å². The Morgan fingerprint density at radius 1 is 0.900 bits per heavy atom. The Balaban J connectivity index is 0.809. The molecule has 0 unspecified atom stereocenters. The number of hydrogen-bond acceptors (Lipinski definition) is 12. The van der Waals surface area contributed by atoms with Crippen LogP contribution in [0.2, 0.25) is 0 Å². The number of benzene rings is 5. The third-order valence-corrected chi connectivity index (χ3v) is 17.2. The van der Waals surface area contributed by atoms with E-state index in [0.717, 1.165) is 45.1 Å². The molecule has 4 atom stereocenters. The molecule has 0 bridgehead atoms. The van der Waals surface area contributed by atoms with E-state index in [4.69, 9.17) is 20.2 Å². The van der Waals surface area contributed by atoms with Crippen LogP contribution < -0.4 is 32.6 Å². The summed E-state index contributed by atoms with van der Waals surface area (Å²) in [7, 11) is 0. The molecule has 2 aromatic heterocycles. The summed E-state index contributed by atoms with van der Waals surface area (Å²) in [5.41, 5.74) is 15.0. The van der Waals surface area contributed by atoms with Crippen molar-refractivity contribution in [1.29, 1.82) is 0 Å². The highest BCUT2D eigenvalue weighted by Gasteiger charge is 2.43. The van der Waals surface area contributed by atoms with Crippen LogP contribution in [0.3, 0.4) is 0 Å². The highest BCUT2D eigenvalue weighted by molar-refractivity contribution is 8.01. The molecule has 15 nitrogen and oxygen atoms in total. The summed E-state index contributed by atoms with van der Waals surface area (Å²) in [6.45, 7) is 9.46. The number of unbranched alkanes of at least 4 members (excludes halogenated alkanes) is 1. The number of esters is 1. The third kappa shape index (κ3) is 10.9. The number of pyridine rings is 2. The number of rotatable bonds is 18. The number of aromatic nitrogens is 2. The molecule has 0 radical (unpaired) electrons. The molecule has 17 heteroatoms. The number of thioether (sulfide) groups is 1. The van der Waals surface area contributed by atoms with Crippen LogP contribution in [0.4, 0.5) is 14.9 Å². The van der Waals surface area contributed by atoms with E-state index in [1.807, 2.05) is 50.2 Å². The first kappa shape index (κ1) is 55.6.